The first-order valence-electron chi connectivity index (χ1n) is 14.2. The lowest BCUT2D eigenvalue weighted by molar-refractivity contribution is -0.246. The molecule has 0 aromatic carbocycles. The van der Waals surface area contributed by atoms with E-state index in [-0.39, 0.29) is 48.8 Å². The molecule has 0 aromatic heterocycles. The fraction of sp³-hybridized carbons (Fsp3) is 0.929. The van der Waals surface area contributed by atoms with Gasteiger partial charge in [0.25, 0.3) is 0 Å². The number of hydrogen-bond donors (Lipinski definition) is 0. The number of rotatable bonds is 8. The van der Waals surface area contributed by atoms with Crippen molar-refractivity contribution in [3.8, 4) is 0 Å². The molecule has 40 heavy (non-hydrogen) atoms. The Morgan fingerprint density at radius 3 is 1.23 bits per heavy atom. The molecule has 6 saturated heterocycles. The molecule has 0 bridgehead atoms. The van der Waals surface area contributed by atoms with Gasteiger partial charge in [0.05, 0.1) is 26.4 Å². The quantitative estimate of drug-likeness (QED) is 0.398. The van der Waals surface area contributed by atoms with E-state index in [1.165, 1.54) is 0 Å². The monoisotopic (exact) mass is 572 g/mol. The fourth-order valence-corrected chi connectivity index (χ4v) is 6.24. The Labute approximate surface area is 235 Å². The van der Waals surface area contributed by atoms with Gasteiger partial charge in [0.15, 0.2) is 35.7 Å². The highest BCUT2D eigenvalue weighted by Gasteiger charge is 2.60. The van der Waals surface area contributed by atoms with Crippen LogP contribution in [-0.4, -0.2) is 111 Å². The Morgan fingerprint density at radius 2 is 0.875 bits per heavy atom. The molecule has 6 fully saturated rings. The summed E-state index contributed by atoms with van der Waals surface area (Å²) in [4.78, 5) is 0. The van der Waals surface area contributed by atoms with Crippen LogP contribution in [0.2, 0.25) is 0 Å². The van der Waals surface area contributed by atoms with Gasteiger partial charge in [-0.3, -0.25) is 0 Å². The molecule has 6 aliphatic heterocycles. The van der Waals surface area contributed by atoms with Crippen molar-refractivity contribution in [2.45, 2.75) is 140 Å². The molecule has 0 saturated carbocycles. The third kappa shape index (κ3) is 6.01. The van der Waals surface area contributed by atoms with Crippen LogP contribution in [0, 0.1) is 0 Å². The van der Waals surface area contributed by atoms with Gasteiger partial charge in [-0.2, -0.15) is 0 Å². The van der Waals surface area contributed by atoms with Gasteiger partial charge in [-0.05, 0) is 55.4 Å². The Bertz CT molecular complexity index is 876. The average Bonchev–Trinajstić information content (AvgIpc) is 3.64. The molecule has 0 aromatic rings. The molecule has 12 heteroatoms. The third-order valence-corrected chi connectivity index (χ3v) is 7.77. The zero-order valence-corrected chi connectivity index (χ0v) is 24.7. The van der Waals surface area contributed by atoms with Gasteiger partial charge in [0.1, 0.15) is 48.8 Å². The summed E-state index contributed by atoms with van der Waals surface area (Å²) in [6, 6.07) is 0. The maximum absolute atomic E-state index is 6.21. The normalized spacial score (nSPS) is 46.4. The van der Waals surface area contributed by atoms with Crippen LogP contribution in [0.4, 0.5) is 0 Å². The molecule has 0 radical (unpaired) electrons. The molecule has 228 valence electrons. The second kappa shape index (κ2) is 10.5. The summed E-state index contributed by atoms with van der Waals surface area (Å²) in [5, 5.41) is 0. The smallest absolute Gasteiger partial charge is 0.187 e. The lowest BCUT2D eigenvalue weighted by Crippen LogP contribution is -2.40. The number of hydrogen-bond acceptors (Lipinski definition) is 12. The lowest BCUT2D eigenvalue weighted by Gasteiger charge is -2.27. The van der Waals surface area contributed by atoms with Crippen LogP contribution in [0.1, 0.15) is 55.4 Å². The highest BCUT2D eigenvalue weighted by molar-refractivity contribution is 5.01. The molecule has 0 spiro atoms. The van der Waals surface area contributed by atoms with E-state index in [0.717, 1.165) is 0 Å². The summed E-state index contributed by atoms with van der Waals surface area (Å²) in [7, 11) is 0. The molecule has 10 atom stereocenters. The van der Waals surface area contributed by atoms with Crippen molar-refractivity contribution in [1.82, 2.24) is 0 Å². The van der Waals surface area contributed by atoms with E-state index in [4.69, 9.17) is 56.8 Å². The summed E-state index contributed by atoms with van der Waals surface area (Å²) >= 11 is 0. The van der Waals surface area contributed by atoms with Crippen molar-refractivity contribution in [2.24, 2.45) is 0 Å². The number of fused-ring (bicyclic) bond motifs is 2. The minimum absolute atomic E-state index is 0.268. The highest BCUT2D eigenvalue weighted by Crippen LogP contribution is 2.44. The van der Waals surface area contributed by atoms with Gasteiger partial charge < -0.3 is 56.8 Å². The first kappa shape index (κ1) is 29.3. The zero-order valence-electron chi connectivity index (χ0n) is 24.7. The van der Waals surface area contributed by atoms with Crippen molar-refractivity contribution < 1.29 is 56.8 Å². The Balaban J connectivity index is 1.00. The summed E-state index contributed by atoms with van der Waals surface area (Å²) in [5.41, 5.74) is 0. The van der Waals surface area contributed by atoms with Gasteiger partial charge in [0.2, 0.25) is 0 Å². The molecule has 0 N–H and O–H groups in total. The number of ether oxygens (including phenoxy) is 12. The highest BCUT2D eigenvalue weighted by atomic mass is 16.8. The molecule has 6 rings (SSSR count). The average molecular weight is 573 g/mol. The van der Waals surface area contributed by atoms with Crippen LogP contribution in [0.25, 0.3) is 0 Å². The Morgan fingerprint density at radius 1 is 0.500 bits per heavy atom. The topological polar surface area (TPSA) is 111 Å². The van der Waals surface area contributed by atoms with Gasteiger partial charge >= 0.3 is 0 Å². The van der Waals surface area contributed by atoms with Crippen LogP contribution in [0.5, 0.6) is 0 Å². The second-order valence-electron chi connectivity index (χ2n) is 12.9. The zero-order chi connectivity index (χ0) is 28.5. The molecule has 0 unspecified atom stereocenters. The van der Waals surface area contributed by atoms with Crippen molar-refractivity contribution in [3.63, 3.8) is 0 Å². The van der Waals surface area contributed by atoms with E-state index >= 15 is 0 Å². The molecule has 12 nitrogen and oxygen atoms in total. The molecule has 0 amide bonds. The maximum atomic E-state index is 6.21. The van der Waals surface area contributed by atoms with Crippen LogP contribution in [0.15, 0.2) is 12.2 Å². The van der Waals surface area contributed by atoms with Crippen LogP contribution < -0.4 is 0 Å². The predicted molar refractivity (Wildman–Crippen MR) is 136 cm³/mol. The maximum Gasteiger partial charge on any atom is 0.187 e. The molecule has 6 heterocycles. The van der Waals surface area contributed by atoms with E-state index in [1.807, 2.05) is 67.5 Å². The summed E-state index contributed by atoms with van der Waals surface area (Å²) in [6.45, 7) is 16.5. The van der Waals surface area contributed by atoms with Crippen molar-refractivity contribution >= 4 is 0 Å². The van der Waals surface area contributed by atoms with E-state index in [1.54, 1.807) is 0 Å². The minimum atomic E-state index is -0.735. The van der Waals surface area contributed by atoms with E-state index < -0.39 is 35.7 Å². The van der Waals surface area contributed by atoms with Crippen LogP contribution in [0.3, 0.4) is 0 Å². The van der Waals surface area contributed by atoms with E-state index in [2.05, 4.69) is 0 Å². The summed E-state index contributed by atoms with van der Waals surface area (Å²) in [6.07, 6.45) is -0.0561. The van der Waals surface area contributed by atoms with Crippen LogP contribution in [-0.2, 0) is 56.8 Å². The van der Waals surface area contributed by atoms with Gasteiger partial charge in [0, 0.05) is 0 Å². The van der Waals surface area contributed by atoms with Gasteiger partial charge in [-0.15, -0.1) is 0 Å². The summed E-state index contributed by atoms with van der Waals surface area (Å²) in [5.74, 6) is -2.80. The van der Waals surface area contributed by atoms with Crippen LogP contribution >= 0.6 is 0 Å². The van der Waals surface area contributed by atoms with Gasteiger partial charge in [-0.25, -0.2) is 0 Å². The minimum Gasteiger partial charge on any atom is -0.348 e. The molecular formula is C28H44O12. The standard InChI is InChI=1S/C28H44O12/c1-25(2)31-13-15(35-25)17-19-21(39-27(5,6)37-19)23(33-17)29-11-9-10-12-30-24-22-20(38-28(7,8)40-22)18(34-24)16-14-32-26(3,4)36-16/h9-10,15-24H,11-14H2,1-8H3/b10-9+/t15-,16-,17-,18-,19+,20+,21+,22+,23+,24+/m1/s1. The molecule has 0 aliphatic carbocycles. The first-order valence-corrected chi connectivity index (χ1v) is 14.2. The fourth-order valence-electron chi connectivity index (χ4n) is 6.24. The third-order valence-electron chi connectivity index (χ3n) is 7.77. The van der Waals surface area contributed by atoms with Gasteiger partial charge in [-0.1, -0.05) is 12.2 Å². The lowest BCUT2D eigenvalue weighted by atomic mass is 10.1. The van der Waals surface area contributed by atoms with E-state index in [0.29, 0.717) is 26.4 Å². The molecular weight excluding hydrogens is 528 g/mol. The Kier molecular flexibility index (Phi) is 7.67. The predicted octanol–water partition coefficient (Wildman–Crippen LogP) is 2.37. The SMILES string of the molecule is CC1(C)O[C@@H]2[C@H](O1)[C@@H](OC/C=C/CO[C@H]1O[C@H]([C@H]3COC(C)(C)O3)[C@@H]3OC(C)(C)O[C@H]13)O[C@@H]2[C@H]1COC(C)(C)O1. The first-order chi connectivity index (χ1) is 18.7. The largest absolute Gasteiger partial charge is 0.348 e. The van der Waals surface area contributed by atoms with E-state index in [9.17, 15) is 0 Å². The van der Waals surface area contributed by atoms with Crippen molar-refractivity contribution in [3.05, 3.63) is 12.2 Å². The Hall–Kier alpha value is -0.740. The second-order valence-corrected chi connectivity index (χ2v) is 12.9. The summed E-state index contributed by atoms with van der Waals surface area (Å²) < 4.78 is 72.6. The van der Waals surface area contributed by atoms with Crippen molar-refractivity contribution in [1.29, 1.82) is 0 Å². The molecule has 6 aliphatic rings. The van der Waals surface area contributed by atoms with Crippen molar-refractivity contribution in [2.75, 3.05) is 26.4 Å².